The van der Waals surface area contributed by atoms with Gasteiger partial charge in [0.15, 0.2) is 0 Å². The zero-order chi connectivity index (χ0) is 3.58. The van der Waals surface area contributed by atoms with Crippen molar-refractivity contribution < 1.29 is 0 Å². The van der Waals surface area contributed by atoms with Crippen LogP contribution in [0.2, 0.25) is 0 Å². The van der Waals surface area contributed by atoms with Gasteiger partial charge in [-0.2, -0.15) is 0 Å². The van der Waals surface area contributed by atoms with E-state index in [1.165, 1.54) is 0 Å². The first kappa shape index (κ1) is 10.3. The highest BCUT2D eigenvalue weighted by atomic mass is 127. The predicted molar refractivity (Wildman–Crippen MR) is 55.8 cm³/mol. The molecule has 0 nitrogen and oxygen atoms in total. The molecule has 5 heavy (non-hydrogen) atoms. The van der Waals surface area contributed by atoms with Gasteiger partial charge in [0.25, 0.3) is 0 Å². The Morgan fingerprint density at radius 2 is 1.00 bits per heavy atom. The zero-order valence-electron chi connectivity index (χ0n) is 1.71. The Bertz CT molecular complexity index is 11.6. The van der Waals surface area contributed by atoms with Crippen LogP contribution in [0.25, 0.3) is 0 Å². The summed E-state index contributed by atoms with van der Waals surface area (Å²) in [4.78, 5) is 0. The van der Waals surface area contributed by atoms with Crippen molar-refractivity contribution in [2.24, 2.45) is 0 Å². The summed E-state index contributed by atoms with van der Waals surface area (Å²) in [6.07, 6.45) is 0. The molecule has 0 aliphatic rings. The maximum absolute atomic E-state index is 2.32. The molecule has 0 aromatic rings. The van der Waals surface area contributed by atoms with Gasteiger partial charge < -0.3 is 0 Å². The van der Waals surface area contributed by atoms with Crippen LogP contribution in [0.3, 0.4) is 0 Å². The fourth-order valence-corrected chi connectivity index (χ4v) is 0. The molecule has 0 fully saturated rings. The maximum Gasteiger partial charge on any atom is 0.114 e. The third kappa shape index (κ3) is 22.3. The normalized spacial score (nSPS) is 7.20. The fraction of sp³-hybridized carbons (Fsp3) is 1.00. The van der Waals surface area contributed by atoms with Crippen LogP contribution in [0.15, 0.2) is 0 Å². The molecular weight excluding hydrogens is 404 g/mol. The van der Waals surface area contributed by atoms with Crippen LogP contribution in [0.4, 0.5) is 0 Å². The molecule has 0 aliphatic carbocycles. The van der Waals surface area contributed by atoms with Crippen molar-refractivity contribution in [2.75, 3.05) is 0 Å². The second-order valence-corrected chi connectivity index (χ2v) is 11.1. The largest absolute Gasteiger partial charge is 0.114 e. The fourth-order valence-electron chi connectivity index (χ4n) is 0. The SMILES string of the molecule is B.IC(I)I. The molecule has 4 heteroatoms. The van der Waals surface area contributed by atoms with Gasteiger partial charge in [-0.25, -0.2) is 0 Å². The lowest BCUT2D eigenvalue weighted by Crippen LogP contribution is -1.47. The summed E-state index contributed by atoms with van der Waals surface area (Å²) >= 11 is 6.95. The average Bonchev–Trinajstić information content (AvgIpc) is 0.811. The van der Waals surface area contributed by atoms with E-state index in [2.05, 4.69) is 67.8 Å². The Hall–Kier alpha value is 2.25. The zero-order valence-corrected chi connectivity index (χ0v) is 8.18. The number of hydrogen-bond acceptors (Lipinski definition) is 0. The van der Waals surface area contributed by atoms with Crippen molar-refractivity contribution in [1.82, 2.24) is 0 Å². The Kier molecular flexibility index (Phi) is 12.9. The highest BCUT2D eigenvalue weighted by Crippen LogP contribution is 2.16. The molecule has 0 unspecified atom stereocenters. The van der Waals surface area contributed by atoms with Crippen LogP contribution in [-0.2, 0) is 0 Å². The summed E-state index contributed by atoms with van der Waals surface area (Å²) in [5.41, 5.74) is 0. The smallest absolute Gasteiger partial charge is 0.0592 e. The lowest BCUT2D eigenvalue weighted by molar-refractivity contribution is 2.47. The molecule has 0 aromatic carbocycles. The Labute approximate surface area is 74.8 Å². The van der Waals surface area contributed by atoms with Gasteiger partial charge in [-0.3, -0.25) is 0 Å². The minimum atomic E-state index is 0. The molecule has 0 rings (SSSR count). The third-order valence-corrected chi connectivity index (χ3v) is 0. The van der Waals surface area contributed by atoms with Crippen molar-refractivity contribution in [3.05, 3.63) is 0 Å². The van der Waals surface area contributed by atoms with Crippen LogP contribution < -0.4 is 0 Å². The van der Waals surface area contributed by atoms with E-state index in [0.717, 1.165) is -0.0619 Å². The standard InChI is InChI=1S/CHI3.BH3/c2-1(3)4;/h1H;1H3. The second-order valence-electron chi connectivity index (χ2n) is 0.247. The Balaban J connectivity index is 0. The van der Waals surface area contributed by atoms with Gasteiger partial charge in [-0.1, -0.05) is 67.8 Å². The lowest BCUT2D eigenvalue weighted by atomic mass is 10.8. The van der Waals surface area contributed by atoms with Crippen LogP contribution in [0.5, 0.6) is 0 Å². The van der Waals surface area contributed by atoms with Gasteiger partial charge >= 0.3 is 0 Å². The highest BCUT2D eigenvalue weighted by Gasteiger charge is 1.76. The number of alkyl halides is 3. The van der Waals surface area contributed by atoms with Crippen LogP contribution in [0.1, 0.15) is 0 Å². The van der Waals surface area contributed by atoms with Crippen molar-refractivity contribution >= 4 is 76.2 Å². The molecule has 0 heterocycles. The molecule has 0 aromatic heterocycles. The molecular formula is CH4BI3. The summed E-state index contributed by atoms with van der Waals surface area (Å²) in [5, 5.41) is 0. The van der Waals surface area contributed by atoms with Crippen molar-refractivity contribution in [1.29, 1.82) is 0 Å². The summed E-state index contributed by atoms with van der Waals surface area (Å²) in [5.74, 6) is 0. The Morgan fingerprint density at radius 1 is 1.00 bits per heavy atom. The summed E-state index contributed by atoms with van der Waals surface area (Å²) in [6.45, 7) is 0. The monoisotopic (exact) mass is 408 g/mol. The van der Waals surface area contributed by atoms with Gasteiger partial charge in [0.1, 0.15) is -0.0619 Å². The van der Waals surface area contributed by atoms with E-state index in [1.54, 1.807) is 0 Å². The lowest BCUT2D eigenvalue weighted by Gasteiger charge is -1.71. The second kappa shape index (κ2) is 6.25. The van der Waals surface area contributed by atoms with Gasteiger partial charge in [0, 0.05) is 0 Å². The van der Waals surface area contributed by atoms with Gasteiger partial charge in [0.05, 0.1) is 8.41 Å². The molecule has 0 radical (unpaired) electrons. The molecule has 0 amide bonds. The van der Waals surface area contributed by atoms with E-state index >= 15 is 0 Å². The van der Waals surface area contributed by atoms with E-state index in [4.69, 9.17) is 0 Å². The molecule has 0 saturated heterocycles. The minimum absolute atomic E-state index is 0. The molecule has 0 saturated carbocycles. The molecule has 0 N–H and O–H groups in total. The van der Waals surface area contributed by atoms with Crippen molar-refractivity contribution in [3.63, 3.8) is 0 Å². The van der Waals surface area contributed by atoms with E-state index in [-0.39, 0.29) is 8.41 Å². The minimum Gasteiger partial charge on any atom is -0.0592 e. The van der Waals surface area contributed by atoms with Crippen molar-refractivity contribution in [2.45, 2.75) is -0.0619 Å². The summed E-state index contributed by atoms with van der Waals surface area (Å²) < 4.78 is 0.743. The predicted octanol–water partition coefficient (Wildman–Crippen LogP) is 1.39. The number of hydrogen-bond donors (Lipinski definition) is 0. The topological polar surface area (TPSA) is 0 Å². The van der Waals surface area contributed by atoms with Crippen LogP contribution >= 0.6 is 67.8 Å². The van der Waals surface area contributed by atoms with Gasteiger partial charge in [-0.15, -0.1) is 0 Å². The highest BCUT2D eigenvalue weighted by molar-refractivity contribution is 14.3. The maximum atomic E-state index is 2.32. The average molecular weight is 408 g/mol. The molecule has 32 valence electrons. The molecule has 0 spiro atoms. The van der Waals surface area contributed by atoms with E-state index in [0.29, 0.717) is 0 Å². The first-order valence-corrected chi connectivity index (χ1v) is 4.39. The summed E-state index contributed by atoms with van der Waals surface area (Å²) in [6, 6.07) is 0. The van der Waals surface area contributed by atoms with Gasteiger partial charge in [0.2, 0.25) is 0 Å². The Morgan fingerprint density at radius 3 is 1.00 bits per heavy atom. The quantitative estimate of drug-likeness (QED) is 0.323. The van der Waals surface area contributed by atoms with Crippen LogP contribution in [-0.4, -0.2) is 8.35 Å². The van der Waals surface area contributed by atoms with E-state index in [9.17, 15) is 0 Å². The van der Waals surface area contributed by atoms with Crippen LogP contribution in [0, 0.1) is 0 Å². The number of halogens is 3. The number of rotatable bonds is 0. The van der Waals surface area contributed by atoms with Crippen molar-refractivity contribution in [3.8, 4) is 0 Å². The molecule has 0 atom stereocenters. The third-order valence-electron chi connectivity index (χ3n) is 0. The van der Waals surface area contributed by atoms with E-state index < -0.39 is 0 Å². The first-order chi connectivity index (χ1) is 1.73. The van der Waals surface area contributed by atoms with E-state index in [1.807, 2.05) is 0 Å². The van der Waals surface area contributed by atoms with Gasteiger partial charge in [-0.05, 0) is 0 Å². The first-order valence-electron chi connectivity index (χ1n) is 0.655. The summed E-state index contributed by atoms with van der Waals surface area (Å²) in [7, 11) is 0. The molecule has 0 bridgehead atoms. The molecule has 0 aliphatic heterocycles.